The Bertz CT molecular complexity index is 273. The largest absolute Gasteiger partial charge is 0.480 e. The van der Waals surface area contributed by atoms with Gasteiger partial charge in [-0.2, -0.15) is 0 Å². The van der Waals surface area contributed by atoms with Crippen LogP contribution in [0.25, 0.3) is 0 Å². The SMILES string of the molecule is CC(C)C(NC1CCCC(C2CC2)C1)C(=O)O. The van der Waals surface area contributed by atoms with Gasteiger partial charge in [-0.15, -0.1) is 0 Å². The van der Waals surface area contributed by atoms with Crippen molar-refractivity contribution in [3.05, 3.63) is 0 Å². The molecule has 0 aromatic rings. The normalized spacial score (nSPS) is 31.5. The van der Waals surface area contributed by atoms with Crippen LogP contribution in [0.2, 0.25) is 0 Å². The molecule has 2 N–H and O–H groups in total. The zero-order valence-corrected chi connectivity index (χ0v) is 11.0. The third-order valence-corrected chi connectivity index (χ3v) is 4.35. The Labute approximate surface area is 104 Å². The Morgan fingerprint density at radius 3 is 2.41 bits per heavy atom. The molecule has 3 nitrogen and oxygen atoms in total. The Morgan fingerprint density at radius 1 is 1.18 bits per heavy atom. The second kappa shape index (κ2) is 5.38. The van der Waals surface area contributed by atoms with E-state index >= 15 is 0 Å². The van der Waals surface area contributed by atoms with Crippen LogP contribution < -0.4 is 5.32 Å². The van der Waals surface area contributed by atoms with Gasteiger partial charge in [0.15, 0.2) is 0 Å². The molecule has 0 aromatic heterocycles. The molecule has 2 aliphatic rings. The molecule has 2 saturated carbocycles. The van der Waals surface area contributed by atoms with Crippen LogP contribution in [0.15, 0.2) is 0 Å². The molecule has 2 rings (SSSR count). The Balaban J connectivity index is 1.86. The topological polar surface area (TPSA) is 49.3 Å². The van der Waals surface area contributed by atoms with Gasteiger partial charge in [-0.25, -0.2) is 0 Å². The van der Waals surface area contributed by atoms with Crippen molar-refractivity contribution in [1.82, 2.24) is 5.32 Å². The molecule has 3 unspecified atom stereocenters. The quantitative estimate of drug-likeness (QED) is 0.775. The van der Waals surface area contributed by atoms with Gasteiger partial charge in [0, 0.05) is 6.04 Å². The first-order chi connectivity index (χ1) is 8.08. The van der Waals surface area contributed by atoms with Crippen LogP contribution in [0, 0.1) is 17.8 Å². The summed E-state index contributed by atoms with van der Waals surface area (Å²) < 4.78 is 0. The second-order valence-electron chi connectivity index (χ2n) is 6.19. The predicted octanol–water partition coefficient (Wildman–Crippen LogP) is 2.65. The standard InChI is InChI=1S/C14H25NO2/c1-9(2)13(14(16)17)15-12-5-3-4-11(8-12)10-6-7-10/h9-13,15H,3-8H2,1-2H3,(H,16,17). The van der Waals surface area contributed by atoms with Crippen molar-refractivity contribution in [2.24, 2.45) is 17.8 Å². The lowest BCUT2D eigenvalue weighted by molar-refractivity contribution is -0.141. The maximum absolute atomic E-state index is 11.2. The molecule has 0 spiro atoms. The lowest BCUT2D eigenvalue weighted by atomic mass is 9.82. The average molecular weight is 239 g/mol. The number of hydrogen-bond donors (Lipinski definition) is 2. The number of carbonyl (C=O) groups is 1. The zero-order valence-electron chi connectivity index (χ0n) is 11.0. The Hall–Kier alpha value is -0.570. The fraction of sp³-hybridized carbons (Fsp3) is 0.929. The van der Waals surface area contributed by atoms with Crippen molar-refractivity contribution >= 4 is 5.97 Å². The molecule has 2 aliphatic carbocycles. The second-order valence-corrected chi connectivity index (χ2v) is 6.19. The lowest BCUT2D eigenvalue weighted by Crippen LogP contribution is -2.48. The van der Waals surface area contributed by atoms with Crippen LogP contribution in [0.3, 0.4) is 0 Å². The molecule has 0 aromatic carbocycles. The Morgan fingerprint density at radius 2 is 1.88 bits per heavy atom. The van der Waals surface area contributed by atoms with E-state index in [4.69, 9.17) is 0 Å². The van der Waals surface area contributed by atoms with Gasteiger partial charge in [-0.1, -0.05) is 26.7 Å². The number of aliphatic carboxylic acids is 1. The molecular weight excluding hydrogens is 214 g/mol. The minimum Gasteiger partial charge on any atom is -0.480 e. The number of nitrogens with one attached hydrogen (secondary N) is 1. The zero-order chi connectivity index (χ0) is 12.4. The van der Waals surface area contributed by atoms with Crippen LogP contribution in [0.1, 0.15) is 52.4 Å². The van der Waals surface area contributed by atoms with Gasteiger partial charge in [0.1, 0.15) is 6.04 Å². The van der Waals surface area contributed by atoms with Crippen molar-refractivity contribution in [3.63, 3.8) is 0 Å². The molecule has 0 radical (unpaired) electrons. The molecule has 0 bridgehead atoms. The highest BCUT2D eigenvalue weighted by molar-refractivity contribution is 5.73. The van der Waals surface area contributed by atoms with Crippen molar-refractivity contribution < 1.29 is 9.90 Å². The molecular formula is C14H25NO2. The van der Waals surface area contributed by atoms with Crippen molar-refractivity contribution in [3.8, 4) is 0 Å². The molecule has 3 atom stereocenters. The number of carboxylic acid groups (broad SMARTS) is 1. The molecule has 3 heteroatoms. The molecule has 2 fully saturated rings. The first-order valence-electron chi connectivity index (χ1n) is 7.06. The molecule has 98 valence electrons. The first-order valence-corrected chi connectivity index (χ1v) is 7.06. The summed E-state index contributed by atoms with van der Waals surface area (Å²) in [6.07, 6.45) is 7.79. The molecule has 0 aliphatic heterocycles. The van der Waals surface area contributed by atoms with Gasteiger partial charge in [-0.05, 0) is 43.4 Å². The van der Waals surface area contributed by atoms with Crippen LogP contribution in [0.5, 0.6) is 0 Å². The average Bonchev–Trinajstić information content (AvgIpc) is 3.09. The van der Waals surface area contributed by atoms with E-state index in [0.29, 0.717) is 6.04 Å². The number of rotatable bonds is 5. The van der Waals surface area contributed by atoms with E-state index in [0.717, 1.165) is 18.3 Å². The summed E-state index contributed by atoms with van der Waals surface area (Å²) in [6.45, 7) is 3.96. The fourth-order valence-electron chi connectivity index (χ4n) is 3.18. The first kappa shape index (κ1) is 12.9. The summed E-state index contributed by atoms with van der Waals surface area (Å²) in [5, 5.41) is 12.6. The number of hydrogen-bond acceptors (Lipinski definition) is 2. The number of carboxylic acids is 1. The third kappa shape index (κ3) is 3.44. The van der Waals surface area contributed by atoms with E-state index in [-0.39, 0.29) is 12.0 Å². The highest BCUT2D eigenvalue weighted by Crippen LogP contribution is 2.43. The van der Waals surface area contributed by atoms with Gasteiger partial charge < -0.3 is 10.4 Å². The summed E-state index contributed by atoms with van der Waals surface area (Å²) in [4.78, 5) is 11.2. The maximum Gasteiger partial charge on any atom is 0.320 e. The van der Waals surface area contributed by atoms with Crippen LogP contribution in [-0.2, 0) is 4.79 Å². The molecule has 0 amide bonds. The van der Waals surface area contributed by atoms with E-state index in [1.807, 2.05) is 13.8 Å². The summed E-state index contributed by atoms with van der Waals surface area (Å²) in [5.74, 6) is 1.28. The highest BCUT2D eigenvalue weighted by atomic mass is 16.4. The van der Waals surface area contributed by atoms with E-state index in [1.165, 1.54) is 32.1 Å². The van der Waals surface area contributed by atoms with Gasteiger partial charge in [0.25, 0.3) is 0 Å². The van der Waals surface area contributed by atoms with Crippen LogP contribution in [0.4, 0.5) is 0 Å². The maximum atomic E-state index is 11.2. The van der Waals surface area contributed by atoms with Gasteiger partial charge in [0.2, 0.25) is 0 Å². The van der Waals surface area contributed by atoms with Crippen molar-refractivity contribution in [2.75, 3.05) is 0 Å². The van der Waals surface area contributed by atoms with E-state index in [2.05, 4.69) is 5.32 Å². The van der Waals surface area contributed by atoms with E-state index < -0.39 is 5.97 Å². The molecule has 17 heavy (non-hydrogen) atoms. The van der Waals surface area contributed by atoms with Gasteiger partial charge in [0.05, 0.1) is 0 Å². The summed E-state index contributed by atoms with van der Waals surface area (Å²) in [5.41, 5.74) is 0. The van der Waals surface area contributed by atoms with Crippen LogP contribution in [-0.4, -0.2) is 23.2 Å². The minimum absolute atomic E-state index is 0.161. The van der Waals surface area contributed by atoms with Crippen molar-refractivity contribution in [1.29, 1.82) is 0 Å². The summed E-state index contributed by atoms with van der Waals surface area (Å²) >= 11 is 0. The summed E-state index contributed by atoms with van der Waals surface area (Å²) in [6, 6.07) is 0.0517. The monoisotopic (exact) mass is 239 g/mol. The van der Waals surface area contributed by atoms with Gasteiger partial charge >= 0.3 is 5.97 Å². The minimum atomic E-state index is -0.700. The van der Waals surface area contributed by atoms with Crippen LogP contribution >= 0.6 is 0 Å². The van der Waals surface area contributed by atoms with Gasteiger partial charge in [-0.3, -0.25) is 4.79 Å². The van der Waals surface area contributed by atoms with E-state index in [1.54, 1.807) is 0 Å². The molecule has 0 saturated heterocycles. The predicted molar refractivity (Wildman–Crippen MR) is 67.9 cm³/mol. The lowest BCUT2D eigenvalue weighted by Gasteiger charge is -2.33. The van der Waals surface area contributed by atoms with Crippen molar-refractivity contribution in [2.45, 2.75) is 64.5 Å². The molecule has 0 heterocycles. The van der Waals surface area contributed by atoms with E-state index in [9.17, 15) is 9.90 Å². The summed E-state index contributed by atoms with van der Waals surface area (Å²) in [7, 11) is 0. The smallest absolute Gasteiger partial charge is 0.320 e. The highest BCUT2D eigenvalue weighted by Gasteiger charge is 2.36. The fourth-order valence-corrected chi connectivity index (χ4v) is 3.18. The third-order valence-electron chi connectivity index (χ3n) is 4.35. The Kier molecular flexibility index (Phi) is 4.08.